The number of carboxylic acids is 1. The molecular weight excluding hydrogens is 416 g/mol. The first-order chi connectivity index (χ1) is 14.6. The molecule has 0 aromatic carbocycles. The van der Waals surface area contributed by atoms with Crippen LogP contribution in [0.2, 0.25) is 0 Å². The summed E-state index contributed by atoms with van der Waals surface area (Å²) in [5.74, 6) is -1.52. The largest absolute Gasteiger partial charge is 0.480 e. The van der Waals surface area contributed by atoms with Gasteiger partial charge in [0.15, 0.2) is 0 Å². The molecule has 0 aromatic heterocycles. The maximum Gasteiger partial charge on any atom is 0.327 e. The van der Waals surface area contributed by atoms with E-state index in [9.17, 15) is 24.6 Å². The molecule has 4 N–H and O–H groups in total. The summed E-state index contributed by atoms with van der Waals surface area (Å²) in [6, 6.07) is -2.26. The van der Waals surface area contributed by atoms with E-state index in [1.807, 2.05) is 0 Å². The van der Waals surface area contributed by atoms with Crippen molar-refractivity contribution in [2.45, 2.75) is 72.4 Å². The highest BCUT2D eigenvalue weighted by atomic mass is 32.2. The van der Waals surface area contributed by atoms with Gasteiger partial charge < -0.3 is 20.8 Å². The van der Waals surface area contributed by atoms with Crippen molar-refractivity contribution >= 4 is 29.5 Å². The van der Waals surface area contributed by atoms with Crippen molar-refractivity contribution in [2.24, 2.45) is 0 Å². The number of rotatable bonds is 15. The summed E-state index contributed by atoms with van der Waals surface area (Å²) in [5, 5.41) is 23.2. The Balaban J connectivity index is 4.40. The number of aliphatic hydroxyl groups is 1. The molecule has 7 nitrogen and oxygen atoms in total. The van der Waals surface area contributed by atoms with E-state index in [1.54, 1.807) is 0 Å². The third kappa shape index (κ3) is 15.4. The first-order valence-corrected chi connectivity index (χ1v) is 11.7. The van der Waals surface area contributed by atoms with Gasteiger partial charge in [-0.1, -0.05) is 34.9 Å². The zero-order valence-electron chi connectivity index (χ0n) is 19.4. The topological polar surface area (TPSA) is 116 Å². The van der Waals surface area contributed by atoms with Crippen LogP contribution in [0, 0.1) is 0 Å². The van der Waals surface area contributed by atoms with Crippen LogP contribution in [0.25, 0.3) is 0 Å². The van der Waals surface area contributed by atoms with E-state index in [-0.39, 0.29) is 5.75 Å². The summed E-state index contributed by atoms with van der Waals surface area (Å²) in [6.45, 7) is 9.04. The van der Waals surface area contributed by atoms with Gasteiger partial charge in [-0.2, -0.15) is 11.8 Å². The monoisotopic (exact) mass is 454 g/mol. The Hall–Kier alpha value is -2.06. The molecule has 0 saturated carbocycles. The number of allylic oxidation sites excluding steroid dienone is 5. The van der Waals surface area contributed by atoms with Gasteiger partial charge in [-0.3, -0.25) is 9.59 Å². The molecule has 0 spiro atoms. The molecule has 0 saturated heterocycles. The number of aliphatic hydroxyl groups excluding tert-OH is 1. The Labute approximate surface area is 190 Å². The molecule has 0 radical (unpaired) electrons. The van der Waals surface area contributed by atoms with Crippen molar-refractivity contribution in [1.82, 2.24) is 10.6 Å². The van der Waals surface area contributed by atoms with Gasteiger partial charge in [0.1, 0.15) is 12.1 Å². The van der Waals surface area contributed by atoms with Crippen LogP contribution in [0.3, 0.4) is 0 Å². The van der Waals surface area contributed by atoms with Crippen LogP contribution in [-0.4, -0.2) is 58.2 Å². The summed E-state index contributed by atoms with van der Waals surface area (Å²) < 4.78 is 0. The van der Waals surface area contributed by atoms with Crippen LogP contribution >= 0.6 is 11.8 Å². The molecule has 0 fully saturated rings. The fourth-order valence-electron chi connectivity index (χ4n) is 2.61. The lowest BCUT2D eigenvalue weighted by atomic mass is 10.1. The zero-order chi connectivity index (χ0) is 23.8. The summed E-state index contributed by atoms with van der Waals surface area (Å²) in [5.41, 5.74) is 3.97. The lowest BCUT2D eigenvalue weighted by Crippen LogP contribution is -2.53. The first kappa shape index (κ1) is 28.9. The van der Waals surface area contributed by atoms with Gasteiger partial charge in [0, 0.05) is 18.4 Å². The summed E-state index contributed by atoms with van der Waals surface area (Å²) in [6.07, 6.45) is 10.7. The predicted molar refractivity (Wildman–Crippen MR) is 127 cm³/mol. The van der Waals surface area contributed by atoms with Crippen LogP contribution in [0.1, 0.15) is 60.3 Å². The Morgan fingerprint density at radius 1 is 0.871 bits per heavy atom. The van der Waals surface area contributed by atoms with E-state index in [0.717, 1.165) is 25.7 Å². The van der Waals surface area contributed by atoms with Crippen molar-refractivity contribution in [1.29, 1.82) is 0 Å². The van der Waals surface area contributed by atoms with Gasteiger partial charge in [0.25, 0.3) is 0 Å². The van der Waals surface area contributed by atoms with Crippen LogP contribution in [-0.2, 0) is 14.4 Å². The highest BCUT2D eigenvalue weighted by Gasteiger charge is 2.25. The number of carbonyl (C=O) groups excluding carboxylic acids is 2. The Bertz CT molecular complexity index is 681. The van der Waals surface area contributed by atoms with E-state index in [4.69, 9.17) is 0 Å². The standard InChI is InChI=1S/C23H38N2O5S/c1-16(2)8-6-9-17(3)10-7-11-18(4)12-13-31-15-21(23(29)30)25-22(28)20(14-26)24-19(5)27/h8,10,12,20-21,26H,6-7,9,11,13-15H2,1-5H3,(H,24,27)(H,25,28)(H,29,30)/b17-10+,18-12+/t20?,21-/m0/s1. The molecule has 0 aromatic rings. The quantitative estimate of drug-likeness (QED) is 0.223. The molecule has 2 amide bonds. The molecule has 0 aliphatic heterocycles. The number of amides is 2. The van der Waals surface area contributed by atoms with Crippen molar-refractivity contribution in [3.8, 4) is 0 Å². The molecule has 31 heavy (non-hydrogen) atoms. The predicted octanol–water partition coefficient (Wildman–Crippen LogP) is 3.21. The lowest BCUT2D eigenvalue weighted by Gasteiger charge is -2.19. The molecule has 0 bridgehead atoms. The second-order valence-corrected chi connectivity index (χ2v) is 8.91. The molecule has 8 heteroatoms. The third-order valence-electron chi connectivity index (χ3n) is 4.45. The minimum atomic E-state index is -1.16. The molecule has 0 heterocycles. The van der Waals surface area contributed by atoms with Gasteiger partial charge in [-0.15, -0.1) is 0 Å². The average molecular weight is 455 g/mol. The number of nitrogens with one attached hydrogen (secondary N) is 2. The highest BCUT2D eigenvalue weighted by Crippen LogP contribution is 2.13. The van der Waals surface area contributed by atoms with Crippen LogP contribution < -0.4 is 10.6 Å². The number of hydrogen-bond donors (Lipinski definition) is 4. The number of carbonyl (C=O) groups is 3. The maximum absolute atomic E-state index is 12.1. The van der Waals surface area contributed by atoms with E-state index in [0.29, 0.717) is 5.75 Å². The Kier molecular flexibility index (Phi) is 15.5. The van der Waals surface area contributed by atoms with Gasteiger partial charge in [-0.05, 0) is 53.4 Å². The Morgan fingerprint density at radius 2 is 1.45 bits per heavy atom. The molecular formula is C23H38N2O5S. The summed E-state index contributed by atoms with van der Waals surface area (Å²) >= 11 is 1.40. The molecule has 0 aliphatic rings. The van der Waals surface area contributed by atoms with Crippen LogP contribution in [0.15, 0.2) is 34.9 Å². The normalized spacial score (nSPS) is 13.9. The highest BCUT2D eigenvalue weighted by molar-refractivity contribution is 7.99. The van der Waals surface area contributed by atoms with Crippen molar-refractivity contribution < 1.29 is 24.6 Å². The van der Waals surface area contributed by atoms with Crippen LogP contribution in [0.4, 0.5) is 0 Å². The Morgan fingerprint density at radius 3 is 1.97 bits per heavy atom. The fraction of sp³-hybridized carbons (Fsp3) is 0.609. The van der Waals surface area contributed by atoms with Crippen molar-refractivity contribution in [3.63, 3.8) is 0 Å². The van der Waals surface area contributed by atoms with Gasteiger partial charge >= 0.3 is 5.97 Å². The number of thioether (sulfide) groups is 1. The van der Waals surface area contributed by atoms with Gasteiger partial charge in [0.2, 0.25) is 11.8 Å². The van der Waals surface area contributed by atoms with E-state index in [2.05, 4.69) is 56.6 Å². The van der Waals surface area contributed by atoms with Crippen LogP contribution in [0.5, 0.6) is 0 Å². The molecule has 1 unspecified atom stereocenters. The third-order valence-corrected chi connectivity index (χ3v) is 5.42. The maximum atomic E-state index is 12.1. The van der Waals surface area contributed by atoms with Crippen molar-refractivity contribution in [3.05, 3.63) is 34.9 Å². The number of hydrogen-bond acceptors (Lipinski definition) is 5. The number of carboxylic acid groups (broad SMARTS) is 1. The minimum Gasteiger partial charge on any atom is -0.480 e. The van der Waals surface area contributed by atoms with Gasteiger partial charge in [-0.25, -0.2) is 4.79 Å². The lowest BCUT2D eigenvalue weighted by molar-refractivity contribution is -0.141. The fourth-order valence-corrected chi connectivity index (χ4v) is 3.61. The van der Waals surface area contributed by atoms with E-state index in [1.165, 1.54) is 35.4 Å². The molecule has 0 rings (SSSR count). The van der Waals surface area contributed by atoms with E-state index >= 15 is 0 Å². The summed E-state index contributed by atoms with van der Waals surface area (Å²) in [7, 11) is 0. The van der Waals surface area contributed by atoms with Gasteiger partial charge in [0.05, 0.1) is 6.61 Å². The molecule has 2 atom stereocenters. The summed E-state index contributed by atoms with van der Waals surface area (Å²) in [4.78, 5) is 34.5. The zero-order valence-corrected chi connectivity index (χ0v) is 20.2. The molecule has 0 aliphatic carbocycles. The SMILES string of the molecule is CC(=O)NC(CO)C(=O)N[C@@H](CSC/C=C(\C)CC/C=C(\C)CCC=C(C)C)C(=O)O. The second kappa shape index (κ2) is 16.6. The molecule has 176 valence electrons. The smallest absolute Gasteiger partial charge is 0.327 e. The minimum absolute atomic E-state index is 0.187. The second-order valence-electron chi connectivity index (χ2n) is 7.83. The first-order valence-electron chi connectivity index (χ1n) is 10.5. The van der Waals surface area contributed by atoms with Crippen molar-refractivity contribution in [2.75, 3.05) is 18.1 Å². The average Bonchev–Trinajstić information content (AvgIpc) is 2.67. The number of aliphatic carboxylic acids is 1. The van der Waals surface area contributed by atoms with E-state index < -0.39 is 36.5 Å².